The predicted molar refractivity (Wildman–Crippen MR) is 59.7 cm³/mol. The molecule has 17 heavy (non-hydrogen) atoms. The van der Waals surface area contributed by atoms with Crippen LogP contribution in [0.1, 0.15) is 30.9 Å². The maximum Gasteiger partial charge on any atom is 0.337 e. The number of rotatable bonds is 2. The predicted octanol–water partition coefficient (Wildman–Crippen LogP) is 0.993. The van der Waals surface area contributed by atoms with Gasteiger partial charge >= 0.3 is 6.03 Å². The van der Waals surface area contributed by atoms with Crippen LogP contribution >= 0.6 is 11.3 Å². The second-order valence-electron chi connectivity index (χ2n) is 4.09. The Balaban J connectivity index is 1.88. The van der Waals surface area contributed by atoms with Crippen molar-refractivity contribution in [1.29, 1.82) is 0 Å². The standard InChI is InChI=1S/C10H9N3O3S/c14-7-3-8(15)13(9(16)12-7)10-11-6(4-17-10)5-1-2-5/h4-5H,1-3H2,(H,12,14,16). The van der Waals surface area contributed by atoms with E-state index < -0.39 is 17.8 Å². The van der Waals surface area contributed by atoms with Gasteiger partial charge in [-0.05, 0) is 12.8 Å². The van der Waals surface area contributed by atoms with Gasteiger partial charge < -0.3 is 0 Å². The van der Waals surface area contributed by atoms with Gasteiger partial charge in [-0.3, -0.25) is 14.9 Å². The lowest BCUT2D eigenvalue weighted by atomic mass is 10.3. The SMILES string of the molecule is O=C1CC(=O)N(c2nc(C3CC3)cs2)C(=O)N1. The van der Waals surface area contributed by atoms with E-state index >= 15 is 0 Å². The Bertz CT molecular complexity index is 501. The lowest BCUT2D eigenvalue weighted by Gasteiger charge is -2.21. The smallest absolute Gasteiger partial charge is 0.277 e. The normalized spacial score (nSPS) is 20.7. The summed E-state index contributed by atoms with van der Waals surface area (Å²) in [5.41, 5.74) is 0.933. The van der Waals surface area contributed by atoms with Crippen LogP contribution in [0, 0.1) is 0 Å². The van der Waals surface area contributed by atoms with Gasteiger partial charge in [-0.2, -0.15) is 0 Å². The van der Waals surface area contributed by atoms with Gasteiger partial charge in [-0.25, -0.2) is 14.7 Å². The number of anilines is 1. The maximum absolute atomic E-state index is 11.6. The molecule has 0 spiro atoms. The van der Waals surface area contributed by atoms with E-state index in [4.69, 9.17) is 0 Å². The van der Waals surface area contributed by atoms with E-state index in [2.05, 4.69) is 10.3 Å². The van der Waals surface area contributed by atoms with E-state index in [0.717, 1.165) is 23.4 Å². The summed E-state index contributed by atoms with van der Waals surface area (Å²) in [5, 5.41) is 4.32. The number of imide groups is 2. The van der Waals surface area contributed by atoms with Crippen molar-refractivity contribution >= 4 is 34.3 Å². The highest BCUT2D eigenvalue weighted by Gasteiger charge is 2.35. The maximum atomic E-state index is 11.6. The molecule has 7 heteroatoms. The molecular weight excluding hydrogens is 242 g/mol. The fraction of sp³-hybridized carbons (Fsp3) is 0.400. The Kier molecular flexibility index (Phi) is 2.22. The third kappa shape index (κ3) is 1.82. The molecule has 6 nitrogen and oxygen atoms in total. The Labute approximate surface area is 101 Å². The molecule has 1 saturated carbocycles. The molecule has 88 valence electrons. The zero-order chi connectivity index (χ0) is 12.0. The van der Waals surface area contributed by atoms with Crippen LogP contribution in [0.25, 0.3) is 0 Å². The molecule has 4 amide bonds. The Morgan fingerprint density at radius 1 is 1.35 bits per heavy atom. The van der Waals surface area contributed by atoms with E-state index in [1.807, 2.05) is 5.38 Å². The van der Waals surface area contributed by atoms with Gasteiger partial charge in [-0.15, -0.1) is 11.3 Å². The van der Waals surface area contributed by atoms with Gasteiger partial charge in [0.05, 0.1) is 5.69 Å². The average Bonchev–Trinajstić information content (AvgIpc) is 2.98. The van der Waals surface area contributed by atoms with Crippen molar-refractivity contribution in [2.45, 2.75) is 25.2 Å². The number of hydrogen-bond donors (Lipinski definition) is 1. The minimum absolute atomic E-state index is 0.302. The van der Waals surface area contributed by atoms with Crippen molar-refractivity contribution in [3.05, 3.63) is 11.1 Å². The number of barbiturate groups is 1. The summed E-state index contributed by atoms with van der Waals surface area (Å²) in [6.07, 6.45) is 1.92. The van der Waals surface area contributed by atoms with Crippen molar-refractivity contribution in [2.75, 3.05) is 4.90 Å². The number of carbonyl (C=O) groups excluding carboxylic acids is 3. The van der Waals surface area contributed by atoms with Crippen LogP contribution in [-0.2, 0) is 9.59 Å². The first-order valence-electron chi connectivity index (χ1n) is 5.27. The number of aromatic nitrogens is 1. The summed E-state index contributed by atoms with van der Waals surface area (Å²) in [7, 11) is 0. The van der Waals surface area contributed by atoms with Gasteiger partial charge in [0.15, 0.2) is 0 Å². The quantitative estimate of drug-likeness (QED) is 0.795. The number of urea groups is 1. The third-order valence-corrected chi connectivity index (χ3v) is 3.55. The third-order valence-electron chi connectivity index (χ3n) is 2.71. The fourth-order valence-corrected chi connectivity index (χ4v) is 2.61. The number of hydrogen-bond acceptors (Lipinski definition) is 5. The Morgan fingerprint density at radius 2 is 2.12 bits per heavy atom. The fourth-order valence-electron chi connectivity index (χ4n) is 1.69. The van der Waals surface area contributed by atoms with Gasteiger partial charge in [0.1, 0.15) is 6.42 Å². The van der Waals surface area contributed by atoms with Gasteiger partial charge in [0, 0.05) is 11.3 Å². The zero-order valence-electron chi connectivity index (χ0n) is 8.80. The molecule has 1 aromatic rings. The molecule has 2 heterocycles. The van der Waals surface area contributed by atoms with Crippen LogP contribution in [0.2, 0.25) is 0 Å². The summed E-state index contributed by atoms with van der Waals surface area (Å²) in [4.78, 5) is 39.4. The van der Waals surface area contributed by atoms with Crippen LogP contribution in [0.4, 0.5) is 9.93 Å². The Hall–Kier alpha value is -1.76. The summed E-state index contributed by atoms with van der Waals surface area (Å²) < 4.78 is 0. The van der Waals surface area contributed by atoms with E-state index in [9.17, 15) is 14.4 Å². The molecule has 1 aliphatic heterocycles. The second kappa shape index (κ2) is 3.63. The highest BCUT2D eigenvalue weighted by atomic mass is 32.1. The summed E-state index contributed by atoms with van der Waals surface area (Å²) in [6.45, 7) is 0. The number of amides is 4. The van der Waals surface area contributed by atoms with Crippen molar-refractivity contribution in [3.8, 4) is 0 Å². The first kappa shape index (κ1) is 10.4. The van der Waals surface area contributed by atoms with Crippen LogP contribution < -0.4 is 10.2 Å². The van der Waals surface area contributed by atoms with Crippen molar-refractivity contribution in [2.24, 2.45) is 0 Å². The van der Waals surface area contributed by atoms with Crippen molar-refractivity contribution in [1.82, 2.24) is 10.3 Å². The number of nitrogens with zero attached hydrogens (tertiary/aromatic N) is 2. The minimum atomic E-state index is -0.706. The van der Waals surface area contributed by atoms with Gasteiger partial charge in [0.25, 0.3) is 0 Å². The molecule has 0 bridgehead atoms. The van der Waals surface area contributed by atoms with E-state index in [1.165, 1.54) is 11.3 Å². The van der Waals surface area contributed by atoms with Crippen LogP contribution in [0.15, 0.2) is 5.38 Å². The van der Waals surface area contributed by atoms with E-state index in [0.29, 0.717) is 11.0 Å². The summed E-state index contributed by atoms with van der Waals surface area (Å²) in [5.74, 6) is -0.602. The Morgan fingerprint density at radius 3 is 2.76 bits per heavy atom. The molecule has 0 unspecified atom stereocenters. The molecule has 1 N–H and O–H groups in total. The monoisotopic (exact) mass is 251 g/mol. The molecular formula is C10H9N3O3S. The molecule has 0 radical (unpaired) electrons. The van der Waals surface area contributed by atoms with Gasteiger partial charge in [-0.1, -0.05) is 0 Å². The highest BCUT2D eigenvalue weighted by molar-refractivity contribution is 7.14. The van der Waals surface area contributed by atoms with Crippen LogP contribution in [0.5, 0.6) is 0 Å². The van der Waals surface area contributed by atoms with Crippen molar-refractivity contribution in [3.63, 3.8) is 0 Å². The highest BCUT2D eigenvalue weighted by Crippen LogP contribution is 2.41. The molecule has 0 aromatic carbocycles. The lowest BCUT2D eigenvalue weighted by molar-refractivity contribution is -0.128. The summed E-state index contributed by atoms with van der Waals surface area (Å²) in [6, 6.07) is -0.706. The first-order valence-corrected chi connectivity index (χ1v) is 6.15. The number of thiazole rings is 1. The van der Waals surface area contributed by atoms with Gasteiger partial charge in [0.2, 0.25) is 16.9 Å². The molecule has 2 fully saturated rings. The van der Waals surface area contributed by atoms with Crippen molar-refractivity contribution < 1.29 is 14.4 Å². The molecule has 1 aromatic heterocycles. The minimum Gasteiger partial charge on any atom is -0.277 e. The van der Waals surface area contributed by atoms with E-state index in [-0.39, 0.29) is 6.42 Å². The molecule has 3 rings (SSSR count). The lowest BCUT2D eigenvalue weighted by Crippen LogP contribution is -2.52. The van der Waals surface area contributed by atoms with Crippen LogP contribution in [-0.4, -0.2) is 22.8 Å². The zero-order valence-corrected chi connectivity index (χ0v) is 9.62. The molecule has 1 aliphatic carbocycles. The summed E-state index contributed by atoms with van der Waals surface area (Å²) >= 11 is 1.25. The first-order chi connectivity index (χ1) is 8.15. The number of nitrogens with one attached hydrogen (secondary N) is 1. The van der Waals surface area contributed by atoms with Crippen LogP contribution in [0.3, 0.4) is 0 Å². The second-order valence-corrected chi connectivity index (χ2v) is 4.93. The average molecular weight is 251 g/mol. The van der Waals surface area contributed by atoms with E-state index in [1.54, 1.807) is 0 Å². The molecule has 1 saturated heterocycles. The molecule has 2 aliphatic rings. The number of carbonyl (C=O) groups is 3. The largest absolute Gasteiger partial charge is 0.337 e. The molecule has 0 atom stereocenters. The topological polar surface area (TPSA) is 79.4 Å².